The molecule has 23 heavy (non-hydrogen) atoms. The lowest BCUT2D eigenvalue weighted by Crippen LogP contribution is -2.45. The number of piperazine rings is 1. The summed E-state index contributed by atoms with van der Waals surface area (Å²) in [5, 5.41) is 3.56. The van der Waals surface area contributed by atoms with Crippen molar-refractivity contribution in [2.75, 3.05) is 26.7 Å². The number of carbonyl (C=O) groups is 1. The van der Waals surface area contributed by atoms with Crippen LogP contribution in [0.25, 0.3) is 0 Å². The van der Waals surface area contributed by atoms with Crippen LogP contribution in [0.2, 0.25) is 0 Å². The van der Waals surface area contributed by atoms with Gasteiger partial charge < -0.3 is 10.1 Å². The molecule has 120 valence electrons. The van der Waals surface area contributed by atoms with E-state index in [2.05, 4.69) is 34.5 Å². The summed E-state index contributed by atoms with van der Waals surface area (Å²) in [4.78, 5) is 14.0. The first-order valence-electron chi connectivity index (χ1n) is 7.94. The Morgan fingerprint density at radius 3 is 2.61 bits per heavy atom. The average molecular weight is 310 g/mol. The monoisotopic (exact) mass is 310 g/mol. The second-order valence-electron chi connectivity index (χ2n) is 5.84. The van der Waals surface area contributed by atoms with Crippen molar-refractivity contribution < 1.29 is 9.53 Å². The van der Waals surface area contributed by atoms with Gasteiger partial charge in [0.25, 0.3) is 0 Å². The fourth-order valence-electron chi connectivity index (χ4n) is 2.99. The minimum atomic E-state index is -0.293. The summed E-state index contributed by atoms with van der Waals surface area (Å²) in [7, 11) is 1.40. The van der Waals surface area contributed by atoms with Gasteiger partial charge in [-0.25, -0.2) is 4.79 Å². The molecule has 0 bridgehead atoms. The molecular formula is C19H22N2O2. The molecule has 0 aliphatic carbocycles. The highest BCUT2D eigenvalue weighted by atomic mass is 16.5. The summed E-state index contributed by atoms with van der Waals surface area (Å²) in [5.74, 6) is -0.293. The van der Waals surface area contributed by atoms with Gasteiger partial charge in [0, 0.05) is 32.2 Å². The maximum Gasteiger partial charge on any atom is 0.337 e. The van der Waals surface area contributed by atoms with Gasteiger partial charge in [-0.3, -0.25) is 4.90 Å². The maximum absolute atomic E-state index is 11.5. The molecule has 0 spiro atoms. The normalized spacial score (nSPS) is 18.6. The molecule has 1 atom stereocenters. The number of benzene rings is 2. The molecule has 0 saturated carbocycles. The van der Waals surface area contributed by atoms with Crippen LogP contribution >= 0.6 is 0 Å². The molecule has 4 nitrogen and oxygen atoms in total. The van der Waals surface area contributed by atoms with Crippen molar-refractivity contribution in [3.05, 3.63) is 71.3 Å². The van der Waals surface area contributed by atoms with E-state index < -0.39 is 0 Å². The number of esters is 1. The van der Waals surface area contributed by atoms with Gasteiger partial charge in [-0.15, -0.1) is 0 Å². The van der Waals surface area contributed by atoms with Crippen molar-refractivity contribution in [1.82, 2.24) is 10.2 Å². The van der Waals surface area contributed by atoms with Crippen LogP contribution in [0.4, 0.5) is 0 Å². The zero-order valence-corrected chi connectivity index (χ0v) is 13.4. The molecule has 1 heterocycles. The lowest BCUT2D eigenvalue weighted by molar-refractivity contribution is 0.0600. The van der Waals surface area contributed by atoms with Crippen molar-refractivity contribution >= 4 is 5.97 Å². The van der Waals surface area contributed by atoms with Gasteiger partial charge in [0.2, 0.25) is 0 Å². The smallest absolute Gasteiger partial charge is 0.337 e. The first-order valence-corrected chi connectivity index (χ1v) is 7.94. The van der Waals surface area contributed by atoms with Gasteiger partial charge in [-0.05, 0) is 23.3 Å². The summed E-state index contributed by atoms with van der Waals surface area (Å²) in [6.45, 7) is 3.95. The summed E-state index contributed by atoms with van der Waals surface area (Å²) in [5.41, 5.74) is 3.14. The van der Waals surface area contributed by atoms with E-state index in [1.165, 1.54) is 18.2 Å². The number of carbonyl (C=O) groups excluding carboxylic acids is 1. The van der Waals surface area contributed by atoms with Gasteiger partial charge in [0.1, 0.15) is 0 Å². The first kappa shape index (κ1) is 15.7. The summed E-state index contributed by atoms with van der Waals surface area (Å²) < 4.78 is 4.74. The molecule has 4 heteroatoms. The van der Waals surface area contributed by atoms with Crippen molar-refractivity contribution in [3.63, 3.8) is 0 Å². The molecule has 2 aromatic rings. The first-order chi connectivity index (χ1) is 11.3. The lowest BCUT2D eigenvalue weighted by atomic mass is 10.0. The zero-order valence-electron chi connectivity index (χ0n) is 13.4. The molecule has 0 amide bonds. The van der Waals surface area contributed by atoms with Crippen LogP contribution in [-0.4, -0.2) is 37.6 Å². The van der Waals surface area contributed by atoms with E-state index in [0.717, 1.165) is 26.2 Å². The molecule has 1 aliphatic rings. The van der Waals surface area contributed by atoms with Gasteiger partial charge in [0.05, 0.1) is 12.7 Å². The van der Waals surface area contributed by atoms with Gasteiger partial charge in [-0.1, -0.05) is 42.5 Å². The number of nitrogens with one attached hydrogen (secondary N) is 1. The molecule has 1 unspecified atom stereocenters. The Hall–Kier alpha value is -2.17. The van der Waals surface area contributed by atoms with Crippen LogP contribution < -0.4 is 5.32 Å². The summed E-state index contributed by atoms with van der Waals surface area (Å²) in [6.07, 6.45) is 0. The standard InChI is InChI=1S/C19H22N2O2/c1-23-19(22)17-9-7-16(8-10-17)18-14-21(12-11-20-18)13-15-5-3-2-4-6-15/h2-10,18,20H,11-14H2,1H3. The molecule has 0 radical (unpaired) electrons. The quantitative estimate of drug-likeness (QED) is 0.882. The van der Waals surface area contributed by atoms with Crippen molar-refractivity contribution in [2.24, 2.45) is 0 Å². The number of hydrogen-bond donors (Lipinski definition) is 1. The molecule has 1 N–H and O–H groups in total. The van der Waals surface area contributed by atoms with E-state index in [4.69, 9.17) is 4.74 Å². The molecule has 1 fully saturated rings. The van der Waals surface area contributed by atoms with Crippen molar-refractivity contribution in [1.29, 1.82) is 0 Å². The minimum absolute atomic E-state index is 0.291. The van der Waals surface area contributed by atoms with Crippen LogP contribution in [-0.2, 0) is 11.3 Å². The third-order valence-electron chi connectivity index (χ3n) is 4.24. The van der Waals surface area contributed by atoms with Crippen LogP contribution in [0.15, 0.2) is 54.6 Å². The summed E-state index contributed by atoms with van der Waals surface area (Å²) >= 11 is 0. The Balaban J connectivity index is 1.65. The lowest BCUT2D eigenvalue weighted by Gasteiger charge is -2.34. The Bertz CT molecular complexity index is 640. The molecular weight excluding hydrogens is 288 g/mol. The van der Waals surface area contributed by atoms with Crippen LogP contribution in [0.5, 0.6) is 0 Å². The second kappa shape index (κ2) is 7.40. The van der Waals surface area contributed by atoms with E-state index in [9.17, 15) is 4.79 Å². The fraction of sp³-hybridized carbons (Fsp3) is 0.316. The molecule has 2 aromatic carbocycles. The summed E-state index contributed by atoms with van der Waals surface area (Å²) in [6, 6.07) is 18.5. The number of hydrogen-bond acceptors (Lipinski definition) is 4. The Kier molecular flexibility index (Phi) is 5.05. The highest BCUT2D eigenvalue weighted by Crippen LogP contribution is 2.19. The van der Waals surface area contributed by atoms with Crippen molar-refractivity contribution in [2.45, 2.75) is 12.6 Å². The third kappa shape index (κ3) is 3.97. The second-order valence-corrected chi connectivity index (χ2v) is 5.84. The van der Waals surface area contributed by atoms with Crippen LogP contribution in [0, 0.1) is 0 Å². The van der Waals surface area contributed by atoms with Crippen molar-refractivity contribution in [3.8, 4) is 0 Å². The van der Waals surface area contributed by atoms with Gasteiger partial charge >= 0.3 is 5.97 Å². The Morgan fingerprint density at radius 1 is 1.17 bits per heavy atom. The number of rotatable bonds is 4. The zero-order chi connectivity index (χ0) is 16.1. The SMILES string of the molecule is COC(=O)c1ccc(C2CN(Cc3ccccc3)CCN2)cc1. The highest BCUT2D eigenvalue weighted by Gasteiger charge is 2.21. The minimum Gasteiger partial charge on any atom is -0.465 e. The molecule has 0 aromatic heterocycles. The Labute approximate surface area is 137 Å². The fourth-order valence-corrected chi connectivity index (χ4v) is 2.99. The number of methoxy groups -OCH3 is 1. The van der Waals surface area contributed by atoms with E-state index in [1.807, 2.05) is 30.3 Å². The van der Waals surface area contributed by atoms with Gasteiger partial charge in [0.15, 0.2) is 0 Å². The topological polar surface area (TPSA) is 41.6 Å². The van der Waals surface area contributed by atoms with Crippen LogP contribution in [0.3, 0.4) is 0 Å². The Morgan fingerprint density at radius 2 is 1.91 bits per heavy atom. The highest BCUT2D eigenvalue weighted by molar-refractivity contribution is 5.89. The number of nitrogens with zero attached hydrogens (tertiary/aromatic N) is 1. The predicted octanol–water partition coefficient (Wildman–Crippen LogP) is 2.62. The van der Waals surface area contributed by atoms with E-state index in [1.54, 1.807) is 0 Å². The van der Waals surface area contributed by atoms with E-state index in [-0.39, 0.29) is 5.97 Å². The predicted molar refractivity (Wildman–Crippen MR) is 90.2 cm³/mol. The van der Waals surface area contributed by atoms with Crippen LogP contribution in [0.1, 0.15) is 27.5 Å². The average Bonchev–Trinajstić information content (AvgIpc) is 2.62. The van der Waals surface area contributed by atoms with E-state index in [0.29, 0.717) is 11.6 Å². The molecule has 1 aliphatic heterocycles. The molecule has 3 rings (SSSR count). The third-order valence-corrected chi connectivity index (χ3v) is 4.24. The largest absolute Gasteiger partial charge is 0.465 e. The van der Waals surface area contributed by atoms with E-state index >= 15 is 0 Å². The number of ether oxygens (including phenoxy) is 1. The van der Waals surface area contributed by atoms with Gasteiger partial charge in [-0.2, -0.15) is 0 Å². The maximum atomic E-state index is 11.5. The molecule has 1 saturated heterocycles.